The zero-order valence-corrected chi connectivity index (χ0v) is 15.6. The zero-order chi connectivity index (χ0) is 19.2. The Hall–Kier alpha value is -1.33. The van der Waals surface area contributed by atoms with Gasteiger partial charge in [-0.2, -0.15) is 13.2 Å². The van der Waals surface area contributed by atoms with Crippen LogP contribution in [0.3, 0.4) is 0 Å². The van der Waals surface area contributed by atoms with Gasteiger partial charge in [-0.05, 0) is 24.8 Å². The van der Waals surface area contributed by atoms with Crippen molar-refractivity contribution in [1.82, 2.24) is 20.3 Å². The van der Waals surface area contributed by atoms with E-state index < -0.39 is 28.0 Å². The molecular formula is C16H24F3N5O2S. The first-order valence-corrected chi connectivity index (χ1v) is 10.9. The molecule has 4 atom stereocenters. The lowest BCUT2D eigenvalue weighted by atomic mass is 9.78. The molecule has 11 heteroatoms. The molecule has 0 amide bonds. The molecule has 152 valence electrons. The summed E-state index contributed by atoms with van der Waals surface area (Å²) in [6, 6.07) is -0.119. The molecule has 0 radical (unpaired) electrons. The SMILES string of the molecule is O=S(=O)(CC(F)(F)F)NC1CCN([C@@H]2CC=N[C@@H]3CNC4=C(CCN4)C23)C1. The highest BCUT2D eigenvalue weighted by Crippen LogP contribution is 2.37. The number of nitrogens with one attached hydrogen (secondary N) is 3. The Labute approximate surface area is 156 Å². The van der Waals surface area contributed by atoms with Crippen LogP contribution in [0.4, 0.5) is 13.2 Å². The van der Waals surface area contributed by atoms with Crippen LogP contribution in [-0.2, 0) is 10.0 Å². The van der Waals surface area contributed by atoms with Gasteiger partial charge in [0.1, 0.15) is 0 Å². The number of alkyl halides is 3. The molecule has 0 bridgehead atoms. The molecule has 0 aromatic rings. The quantitative estimate of drug-likeness (QED) is 0.619. The number of halogens is 3. The van der Waals surface area contributed by atoms with Gasteiger partial charge in [0, 0.05) is 50.4 Å². The van der Waals surface area contributed by atoms with E-state index in [9.17, 15) is 21.6 Å². The first-order chi connectivity index (χ1) is 12.7. The molecule has 1 saturated heterocycles. The number of hydrogen-bond donors (Lipinski definition) is 3. The fourth-order valence-corrected chi connectivity index (χ4v) is 6.01. The average molecular weight is 407 g/mol. The second-order valence-corrected chi connectivity index (χ2v) is 9.41. The molecule has 4 heterocycles. The van der Waals surface area contributed by atoms with Gasteiger partial charge >= 0.3 is 6.18 Å². The van der Waals surface area contributed by atoms with Crippen LogP contribution in [0.5, 0.6) is 0 Å². The van der Waals surface area contributed by atoms with E-state index in [0.29, 0.717) is 19.5 Å². The van der Waals surface area contributed by atoms with Gasteiger partial charge in [-0.3, -0.25) is 9.89 Å². The number of fused-ring (bicyclic) bond motifs is 2. The van der Waals surface area contributed by atoms with Crippen LogP contribution < -0.4 is 15.4 Å². The minimum Gasteiger partial charge on any atom is -0.372 e. The summed E-state index contributed by atoms with van der Waals surface area (Å²) in [6.07, 6.45) is -0.539. The first kappa shape index (κ1) is 19.0. The minimum absolute atomic E-state index is 0.156. The third-order valence-corrected chi connectivity index (χ3v) is 7.17. The Kier molecular flexibility index (Phi) is 4.88. The predicted molar refractivity (Wildman–Crippen MR) is 94.8 cm³/mol. The second-order valence-electron chi connectivity index (χ2n) is 7.66. The van der Waals surface area contributed by atoms with Crippen LogP contribution in [0.25, 0.3) is 0 Å². The van der Waals surface area contributed by atoms with E-state index in [0.717, 1.165) is 31.8 Å². The Morgan fingerprint density at radius 1 is 1.33 bits per heavy atom. The van der Waals surface area contributed by atoms with Gasteiger partial charge in [-0.25, -0.2) is 13.1 Å². The first-order valence-electron chi connectivity index (χ1n) is 9.25. The van der Waals surface area contributed by atoms with Crippen LogP contribution in [0.15, 0.2) is 16.4 Å². The molecule has 4 rings (SSSR count). The number of likely N-dealkylation sites (tertiary alicyclic amines) is 1. The zero-order valence-electron chi connectivity index (χ0n) is 14.8. The smallest absolute Gasteiger partial charge is 0.372 e. The van der Waals surface area contributed by atoms with E-state index in [-0.39, 0.29) is 18.0 Å². The molecule has 0 aliphatic carbocycles. The fraction of sp³-hybridized carbons (Fsp3) is 0.812. The number of aliphatic imine (C=N–C) groups is 1. The lowest BCUT2D eigenvalue weighted by Gasteiger charge is -2.43. The molecule has 0 aromatic carbocycles. The van der Waals surface area contributed by atoms with Gasteiger partial charge in [0.15, 0.2) is 5.75 Å². The number of hydrogen-bond acceptors (Lipinski definition) is 6. The summed E-state index contributed by atoms with van der Waals surface area (Å²) in [4.78, 5) is 6.86. The van der Waals surface area contributed by atoms with Crippen molar-refractivity contribution in [3.63, 3.8) is 0 Å². The summed E-state index contributed by atoms with van der Waals surface area (Å²) in [6.45, 7) is 2.77. The van der Waals surface area contributed by atoms with Crippen molar-refractivity contribution >= 4 is 16.2 Å². The highest BCUT2D eigenvalue weighted by Gasteiger charge is 2.44. The molecule has 0 saturated carbocycles. The molecule has 4 aliphatic heterocycles. The summed E-state index contributed by atoms with van der Waals surface area (Å²) < 4.78 is 63.1. The molecule has 7 nitrogen and oxygen atoms in total. The molecule has 2 unspecified atom stereocenters. The van der Waals surface area contributed by atoms with Crippen molar-refractivity contribution in [2.24, 2.45) is 10.9 Å². The Morgan fingerprint density at radius 2 is 2.15 bits per heavy atom. The van der Waals surface area contributed by atoms with Crippen molar-refractivity contribution in [3.8, 4) is 0 Å². The van der Waals surface area contributed by atoms with E-state index in [1.807, 2.05) is 6.21 Å². The van der Waals surface area contributed by atoms with Crippen molar-refractivity contribution in [1.29, 1.82) is 0 Å². The van der Waals surface area contributed by atoms with Gasteiger partial charge in [-0.15, -0.1) is 0 Å². The van der Waals surface area contributed by atoms with Crippen LogP contribution in [-0.4, -0.2) is 75.8 Å². The number of nitrogens with zero attached hydrogens (tertiary/aromatic N) is 2. The Balaban J connectivity index is 1.44. The van der Waals surface area contributed by atoms with Gasteiger partial charge < -0.3 is 10.6 Å². The summed E-state index contributed by atoms with van der Waals surface area (Å²) in [5.41, 5.74) is 1.34. The third kappa shape index (κ3) is 4.09. The Bertz CT molecular complexity index is 752. The van der Waals surface area contributed by atoms with Crippen LogP contribution >= 0.6 is 0 Å². The van der Waals surface area contributed by atoms with E-state index in [4.69, 9.17) is 0 Å². The van der Waals surface area contributed by atoms with Crippen LogP contribution in [0, 0.1) is 5.92 Å². The van der Waals surface area contributed by atoms with E-state index in [1.54, 1.807) is 0 Å². The van der Waals surface area contributed by atoms with Gasteiger partial charge in [0.25, 0.3) is 0 Å². The van der Waals surface area contributed by atoms with Crippen molar-refractivity contribution in [2.45, 2.75) is 43.6 Å². The average Bonchev–Trinajstić information content (AvgIpc) is 3.20. The predicted octanol–water partition coefficient (Wildman–Crippen LogP) is 0.178. The van der Waals surface area contributed by atoms with Crippen molar-refractivity contribution in [3.05, 3.63) is 11.4 Å². The number of sulfonamides is 1. The lowest BCUT2D eigenvalue weighted by Crippen LogP contribution is -2.53. The van der Waals surface area contributed by atoms with Gasteiger partial charge in [0.05, 0.1) is 11.9 Å². The summed E-state index contributed by atoms with van der Waals surface area (Å²) in [7, 11) is -4.37. The fourth-order valence-electron chi connectivity index (χ4n) is 4.79. The maximum atomic E-state index is 12.4. The topological polar surface area (TPSA) is 85.8 Å². The van der Waals surface area contributed by atoms with Crippen LogP contribution in [0.2, 0.25) is 0 Å². The van der Waals surface area contributed by atoms with Gasteiger partial charge in [-0.1, -0.05) is 0 Å². The number of rotatable bonds is 4. The largest absolute Gasteiger partial charge is 0.404 e. The highest BCUT2D eigenvalue weighted by molar-refractivity contribution is 7.89. The Morgan fingerprint density at radius 3 is 2.93 bits per heavy atom. The van der Waals surface area contributed by atoms with Gasteiger partial charge in [0.2, 0.25) is 10.0 Å². The van der Waals surface area contributed by atoms with Crippen LogP contribution in [0.1, 0.15) is 19.3 Å². The monoisotopic (exact) mass is 407 g/mol. The summed E-state index contributed by atoms with van der Waals surface area (Å²) in [5, 5.41) is 6.76. The van der Waals surface area contributed by atoms with Crippen molar-refractivity contribution < 1.29 is 21.6 Å². The molecule has 4 aliphatic rings. The maximum absolute atomic E-state index is 12.4. The van der Waals surface area contributed by atoms with E-state index >= 15 is 0 Å². The molecule has 1 fully saturated rings. The summed E-state index contributed by atoms with van der Waals surface area (Å²) in [5.74, 6) is -0.461. The molecule has 27 heavy (non-hydrogen) atoms. The lowest BCUT2D eigenvalue weighted by molar-refractivity contribution is -0.106. The molecule has 0 aromatic heterocycles. The maximum Gasteiger partial charge on any atom is 0.404 e. The third-order valence-electron chi connectivity index (χ3n) is 5.77. The molecule has 0 spiro atoms. The second kappa shape index (κ2) is 6.93. The minimum atomic E-state index is -4.73. The van der Waals surface area contributed by atoms with Crippen molar-refractivity contribution in [2.75, 3.05) is 31.9 Å². The molecular weight excluding hydrogens is 383 g/mol. The van der Waals surface area contributed by atoms with E-state index in [1.165, 1.54) is 5.57 Å². The normalized spacial score (nSPS) is 34.2. The molecule has 3 N–H and O–H groups in total. The van der Waals surface area contributed by atoms with E-state index in [2.05, 4.69) is 25.2 Å². The standard InChI is InChI=1S/C16H24F3N5O2S/c17-16(18,19)9-27(25,26)23-10-3-6-24(8-10)13-2-5-20-12-7-22-15-11(14(12)13)1-4-21-15/h5,10,12-14,21-23H,1-4,6-9H2/t10?,12-,13-,14?/m1/s1. The summed E-state index contributed by atoms with van der Waals surface area (Å²) >= 11 is 0. The highest BCUT2D eigenvalue weighted by atomic mass is 32.2.